The molecular weight excluding hydrogens is 350 g/mol. The van der Waals surface area contributed by atoms with Gasteiger partial charge >= 0.3 is 6.03 Å². The molecule has 142 valence electrons. The molecule has 0 aromatic heterocycles. The van der Waals surface area contributed by atoms with Gasteiger partial charge in [0.2, 0.25) is 0 Å². The first-order valence-electron chi connectivity index (χ1n) is 8.65. The Kier molecular flexibility index (Phi) is 5.44. The van der Waals surface area contributed by atoms with Crippen LogP contribution in [0.25, 0.3) is 0 Å². The zero-order valence-corrected chi connectivity index (χ0v) is 15.1. The lowest BCUT2D eigenvalue weighted by atomic mass is 9.95. The highest BCUT2D eigenvalue weighted by Crippen LogP contribution is 2.34. The molecule has 1 atom stereocenters. The number of non-ortho nitro benzene ring substituents is 1. The number of nitrogens with zero attached hydrogens (tertiary/aromatic N) is 1. The van der Waals surface area contributed by atoms with E-state index >= 15 is 0 Å². The third-order valence-electron chi connectivity index (χ3n) is 4.19. The number of urea groups is 1. The SMILES string of the molecule is CC(C)[C@@H](NC(=O)Nc1cccc([N+](=O)[O-])c1)c1ccc2c(c1)OCCO2. The first kappa shape index (κ1) is 18.5. The first-order chi connectivity index (χ1) is 12.9. The Morgan fingerprint density at radius 3 is 2.56 bits per heavy atom. The van der Waals surface area contributed by atoms with Gasteiger partial charge in [-0.2, -0.15) is 0 Å². The van der Waals surface area contributed by atoms with E-state index in [1.165, 1.54) is 18.2 Å². The number of amides is 2. The Labute approximate surface area is 156 Å². The van der Waals surface area contributed by atoms with E-state index in [9.17, 15) is 14.9 Å². The van der Waals surface area contributed by atoms with Gasteiger partial charge in [0.05, 0.1) is 11.0 Å². The molecule has 2 N–H and O–H groups in total. The van der Waals surface area contributed by atoms with Gasteiger partial charge < -0.3 is 20.1 Å². The molecule has 1 aliphatic rings. The minimum absolute atomic E-state index is 0.0833. The van der Waals surface area contributed by atoms with Gasteiger partial charge in [0.1, 0.15) is 13.2 Å². The summed E-state index contributed by atoms with van der Waals surface area (Å²) in [6, 6.07) is 10.7. The number of nitro benzene ring substituents is 1. The van der Waals surface area contributed by atoms with Crippen molar-refractivity contribution in [2.75, 3.05) is 18.5 Å². The Balaban J connectivity index is 1.73. The maximum atomic E-state index is 12.4. The van der Waals surface area contributed by atoms with Gasteiger partial charge in [0, 0.05) is 17.8 Å². The second-order valence-electron chi connectivity index (χ2n) is 6.53. The normalized spacial score (nSPS) is 13.7. The highest BCUT2D eigenvalue weighted by Gasteiger charge is 2.21. The molecule has 3 rings (SSSR count). The lowest BCUT2D eigenvalue weighted by molar-refractivity contribution is -0.384. The number of anilines is 1. The summed E-state index contributed by atoms with van der Waals surface area (Å²) >= 11 is 0. The minimum atomic E-state index is -0.505. The predicted octanol–water partition coefficient (Wildman–Crippen LogP) is 3.88. The molecule has 0 spiro atoms. The third kappa shape index (κ3) is 4.46. The average Bonchev–Trinajstić information content (AvgIpc) is 2.65. The number of carbonyl (C=O) groups is 1. The summed E-state index contributed by atoms with van der Waals surface area (Å²) in [7, 11) is 0. The number of hydrogen-bond acceptors (Lipinski definition) is 5. The van der Waals surface area contributed by atoms with Crippen molar-refractivity contribution < 1.29 is 19.2 Å². The highest BCUT2D eigenvalue weighted by molar-refractivity contribution is 5.89. The fourth-order valence-corrected chi connectivity index (χ4v) is 2.89. The van der Waals surface area contributed by atoms with Gasteiger partial charge in [-0.05, 0) is 29.7 Å². The van der Waals surface area contributed by atoms with Crippen molar-refractivity contribution in [1.29, 1.82) is 0 Å². The summed E-state index contributed by atoms with van der Waals surface area (Å²) in [5.41, 5.74) is 1.16. The van der Waals surface area contributed by atoms with Crippen molar-refractivity contribution >= 4 is 17.4 Å². The molecule has 2 amide bonds. The van der Waals surface area contributed by atoms with Crippen LogP contribution in [0.3, 0.4) is 0 Å². The quantitative estimate of drug-likeness (QED) is 0.613. The second-order valence-corrected chi connectivity index (χ2v) is 6.53. The minimum Gasteiger partial charge on any atom is -0.486 e. The van der Waals surface area contributed by atoms with Crippen molar-refractivity contribution in [2.45, 2.75) is 19.9 Å². The second kappa shape index (κ2) is 7.94. The molecule has 0 bridgehead atoms. The van der Waals surface area contributed by atoms with E-state index in [0.29, 0.717) is 30.4 Å². The van der Waals surface area contributed by atoms with Crippen LogP contribution >= 0.6 is 0 Å². The molecule has 0 aliphatic carbocycles. The molecule has 1 aliphatic heterocycles. The van der Waals surface area contributed by atoms with Crippen molar-refractivity contribution in [2.24, 2.45) is 5.92 Å². The molecule has 8 nitrogen and oxygen atoms in total. The van der Waals surface area contributed by atoms with E-state index in [2.05, 4.69) is 10.6 Å². The van der Waals surface area contributed by atoms with Crippen LogP contribution in [0.5, 0.6) is 11.5 Å². The summed E-state index contributed by atoms with van der Waals surface area (Å²) in [6.07, 6.45) is 0. The third-order valence-corrected chi connectivity index (χ3v) is 4.19. The first-order valence-corrected chi connectivity index (χ1v) is 8.65. The largest absolute Gasteiger partial charge is 0.486 e. The van der Waals surface area contributed by atoms with Crippen LogP contribution in [0.1, 0.15) is 25.5 Å². The lowest BCUT2D eigenvalue weighted by Gasteiger charge is -2.25. The van der Waals surface area contributed by atoms with E-state index in [4.69, 9.17) is 9.47 Å². The number of nitro groups is 1. The van der Waals surface area contributed by atoms with Gasteiger partial charge in [-0.15, -0.1) is 0 Å². The number of nitrogens with one attached hydrogen (secondary N) is 2. The Bertz CT molecular complexity index is 853. The van der Waals surface area contributed by atoms with Gasteiger partial charge in [0.25, 0.3) is 5.69 Å². The van der Waals surface area contributed by atoms with Gasteiger partial charge in [-0.3, -0.25) is 10.1 Å². The van der Waals surface area contributed by atoms with Crippen LogP contribution in [0.4, 0.5) is 16.2 Å². The van der Waals surface area contributed by atoms with E-state index in [0.717, 1.165) is 5.56 Å². The summed E-state index contributed by atoms with van der Waals surface area (Å²) < 4.78 is 11.1. The maximum absolute atomic E-state index is 12.4. The van der Waals surface area contributed by atoms with E-state index in [1.807, 2.05) is 32.0 Å². The van der Waals surface area contributed by atoms with Crippen molar-refractivity contribution in [3.63, 3.8) is 0 Å². The van der Waals surface area contributed by atoms with E-state index in [1.54, 1.807) is 6.07 Å². The molecule has 0 saturated heterocycles. The summed E-state index contributed by atoms with van der Waals surface area (Å²) in [5.74, 6) is 1.46. The van der Waals surface area contributed by atoms with Crippen LogP contribution in [-0.2, 0) is 0 Å². The Morgan fingerprint density at radius 1 is 1.11 bits per heavy atom. The van der Waals surface area contributed by atoms with Crippen molar-refractivity contribution in [1.82, 2.24) is 5.32 Å². The molecule has 2 aromatic carbocycles. The molecule has 0 unspecified atom stereocenters. The average molecular weight is 371 g/mol. The molecule has 2 aromatic rings. The summed E-state index contributed by atoms with van der Waals surface area (Å²) in [5, 5.41) is 16.4. The molecule has 8 heteroatoms. The van der Waals surface area contributed by atoms with Gasteiger partial charge in [-0.25, -0.2) is 4.79 Å². The zero-order valence-electron chi connectivity index (χ0n) is 15.1. The molecule has 1 heterocycles. The summed E-state index contributed by atoms with van der Waals surface area (Å²) in [4.78, 5) is 22.8. The van der Waals surface area contributed by atoms with E-state index < -0.39 is 11.0 Å². The van der Waals surface area contributed by atoms with Gasteiger partial charge in [-0.1, -0.05) is 26.0 Å². The smallest absolute Gasteiger partial charge is 0.319 e. The maximum Gasteiger partial charge on any atom is 0.319 e. The molecular formula is C19H21N3O5. The van der Waals surface area contributed by atoms with Crippen LogP contribution < -0.4 is 20.1 Å². The van der Waals surface area contributed by atoms with Crippen molar-refractivity contribution in [3.8, 4) is 11.5 Å². The van der Waals surface area contributed by atoms with Gasteiger partial charge in [0.15, 0.2) is 11.5 Å². The fourth-order valence-electron chi connectivity index (χ4n) is 2.89. The number of hydrogen-bond donors (Lipinski definition) is 2. The number of carbonyl (C=O) groups excluding carboxylic acids is 1. The molecule has 0 fully saturated rings. The zero-order chi connectivity index (χ0) is 19.4. The topological polar surface area (TPSA) is 103 Å². The van der Waals surface area contributed by atoms with E-state index in [-0.39, 0.29) is 17.6 Å². The Morgan fingerprint density at radius 2 is 1.85 bits per heavy atom. The fraction of sp³-hybridized carbons (Fsp3) is 0.316. The predicted molar refractivity (Wildman–Crippen MR) is 100 cm³/mol. The van der Waals surface area contributed by atoms with Crippen molar-refractivity contribution in [3.05, 3.63) is 58.1 Å². The standard InChI is InChI=1S/C19H21N3O5/c1-12(2)18(13-6-7-16-17(10-13)27-9-8-26-16)21-19(23)20-14-4-3-5-15(11-14)22(24)25/h3-7,10-12,18H,8-9H2,1-2H3,(H2,20,21,23)/t18-/m1/s1. The Hall–Kier alpha value is -3.29. The monoisotopic (exact) mass is 371 g/mol. The lowest BCUT2D eigenvalue weighted by Crippen LogP contribution is -2.35. The van der Waals surface area contributed by atoms with Crippen LogP contribution in [0.2, 0.25) is 0 Å². The molecule has 27 heavy (non-hydrogen) atoms. The number of fused-ring (bicyclic) bond motifs is 1. The summed E-state index contributed by atoms with van der Waals surface area (Å²) in [6.45, 7) is 5.00. The van der Waals surface area contributed by atoms with Crippen LogP contribution in [-0.4, -0.2) is 24.2 Å². The molecule has 0 radical (unpaired) electrons. The van der Waals surface area contributed by atoms with Crippen LogP contribution in [0.15, 0.2) is 42.5 Å². The number of rotatable bonds is 5. The number of ether oxygens (including phenoxy) is 2. The number of benzene rings is 2. The molecule has 0 saturated carbocycles. The highest BCUT2D eigenvalue weighted by atomic mass is 16.6. The van der Waals surface area contributed by atoms with Crippen LogP contribution in [0, 0.1) is 16.0 Å².